The summed E-state index contributed by atoms with van der Waals surface area (Å²) in [7, 11) is -4.12. The molecule has 0 unspecified atom stereocenters. The number of benzene rings is 1. The number of carbonyl (C=O) groups is 1. The fourth-order valence-corrected chi connectivity index (χ4v) is 3.44. The summed E-state index contributed by atoms with van der Waals surface area (Å²) < 4.78 is 32.1. The van der Waals surface area contributed by atoms with Crippen LogP contribution in [0.25, 0.3) is 0 Å². The molecule has 3 N–H and O–H groups in total. The second kappa shape index (κ2) is 5.13. The van der Waals surface area contributed by atoms with E-state index in [1.807, 2.05) is 0 Å². The highest BCUT2D eigenvalue weighted by atomic mass is 32.2. The number of sulfonamides is 1. The van der Waals surface area contributed by atoms with Crippen molar-refractivity contribution in [3.8, 4) is 5.75 Å². The topological polar surface area (TPSA) is 117 Å². The molecule has 0 saturated carbocycles. The standard InChI is InChI=1S/C13H13NO6S/c1-7-11(13(16)17)12(8(2)20-7)21(18,19)14-9-3-5-10(15)6-4-9/h3-6,14-15H,1-2H3,(H,16,17). The minimum absolute atomic E-state index is 0.00354. The summed E-state index contributed by atoms with van der Waals surface area (Å²) in [5, 5.41) is 18.3. The lowest BCUT2D eigenvalue weighted by atomic mass is 10.2. The van der Waals surface area contributed by atoms with Crippen molar-refractivity contribution in [3.05, 3.63) is 41.3 Å². The first-order valence-electron chi connectivity index (χ1n) is 5.87. The maximum atomic E-state index is 12.3. The smallest absolute Gasteiger partial charge is 0.340 e. The summed E-state index contributed by atoms with van der Waals surface area (Å²) in [6, 6.07) is 5.33. The number of anilines is 1. The molecule has 1 aromatic heterocycles. The van der Waals surface area contributed by atoms with E-state index >= 15 is 0 Å². The van der Waals surface area contributed by atoms with Gasteiger partial charge < -0.3 is 14.6 Å². The number of aromatic carboxylic acids is 1. The van der Waals surface area contributed by atoms with E-state index in [-0.39, 0.29) is 23.0 Å². The zero-order valence-electron chi connectivity index (χ0n) is 11.2. The Morgan fingerprint density at radius 3 is 2.24 bits per heavy atom. The summed E-state index contributed by atoms with van der Waals surface area (Å²) in [5.74, 6) is -1.38. The molecule has 0 radical (unpaired) electrons. The van der Waals surface area contributed by atoms with Gasteiger partial charge in [0.2, 0.25) is 0 Å². The Morgan fingerprint density at radius 2 is 1.71 bits per heavy atom. The molecule has 0 saturated heterocycles. The van der Waals surface area contributed by atoms with Crippen molar-refractivity contribution in [3.63, 3.8) is 0 Å². The van der Waals surface area contributed by atoms with Crippen LogP contribution in [0.3, 0.4) is 0 Å². The molecule has 1 heterocycles. The monoisotopic (exact) mass is 311 g/mol. The van der Waals surface area contributed by atoms with Gasteiger partial charge in [-0.2, -0.15) is 0 Å². The molecule has 21 heavy (non-hydrogen) atoms. The van der Waals surface area contributed by atoms with Crippen molar-refractivity contribution < 1.29 is 27.8 Å². The van der Waals surface area contributed by atoms with Crippen LogP contribution in [0.2, 0.25) is 0 Å². The van der Waals surface area contributed by atoms with E-state index in [9.17, 15) is 13.2 Å². The molecule has 0 aliphatic carbocycles. The maximum Gasteiger partial charge on any atom is 0.340 e. The number of aromatic hydroxyl groups is 1. The molecule has 0 aliphatic heterocycles. The van der Waals surface area contributed by atoms with Crippen LogP contribution in [0.4, 0.5) is 5.69 Å². The Bertz CT molecular complexity index is 789. The number of carboxylic acid groups (broad SMARTS) is 1. The Balaban J connectivity index is 2.50. The van der Waals surface area contributed by atoms with Gasteiger partial charge in [-0.1, -0.05) is 0 Å². The number of aryl methyl sites for hydroxylation is 2. The van der Waals surface area contributed by atoms with Gasteiger partial charge in [0.05, 0.1) is 0 Å². The molecule has 0 spiro atoms. The van der Waals surface area contributed by atoms with Gasteiger partial charge in [-0.15, -0.1) is 0 Å². The quantitative estimate of drug-likeness (QED) is 0.744. The second-order valence-electron chi connectivity index (χ2n) is 4.38. The lowest BCUT2D eigenvalue weighted by molar-refractivity contribution is 0.0691. The summed E-state index contributed by atoms with van der Waals surface area (Å²) >= 11 is 0. The van der Waals surface area contributed by atoms with Gasteiger partial charge >= 0.3 is 5.97 Å². The van der Waals surface area contributed by atoms with Crippen molar-refractivity contribution in [2.45, 2.75) is 18.7 Å². The lowest BCUT2D eigenvalue weighted by Crippen LogP contribution is -2.16. The molecule has 0 amide bonds. The van der Waals surface area contributed by atoms with Crippen molar-refractivity contribution >= 4 is 21.7 Å². The minimum Gasteiger partial charge on any atom is -0.508 e. The number of rotatable bonds is 4. The molecule has 2 rings (SSSR count). The molecule has 0 aliphatic rings. The van der Waals surface area contributed by atoms with Crippen molar-refractivity contribution in [1.82, 2.24) is 0 Å². The molecular formula is C13H13NO6S. The molecule has 2 aromatic rings. The van der Waals surface area contributed by atoms with E-state index < -0.39 is 26.5 Å². The summed E-state index contributed by atoms with van der Waals surface area (Å²) in [4.78, 5) is 10.8. The van der Waals surface area contributed by atoms with Gasteiger partial charge in [-0.3, -0.25) is 4.72 Å². The number of hydrogen-bond donors (Lipinski definition) is 3. The second-order valence-corrected chi connectivity index (χ2v) is 6.00. The van der Waals surface area contributed by atoms with Crippen LogP contribution in [0, 0.1) is 13.8 Å². The van der Waals surface area contributed by atoms with Gasteiger partial charge in [0.15, 0.2) is 0 Å². The van der Waals surface area contributed by atoms with Crippen molar-refractivity contribution in [2.75, 3.05) is 4.72 Å². The first kappa shape index (κ1) is 14.9. The summed E-state index contributed by atoms with van der Waals surface area (Å²) in [5.41, 5.74) is -0.193. The van der Waals surface area contributed by atoms with Gasteiger partial charge in [-0.05, 0) is 38.1 Å². The van der Waals surface area contributed by atoms with Crippen LogP contribution in [0.5, 0.6) is 5.75 Å². The predicted molar refractivity (Wildman–Crippen MR) is 74.1 cm³/mol. The Morgan fingerprint density at radius 1 is 1.14 bits per heavy atom. The first-order chi connectivity index (χ1) is 9.72. The van der Waals surface area contributed by atoms with Gasteiger partial charge in [-0.25, -0.2) is 13.2 Å². The Hall–Kier alpha value is -2.48. The van der Waals surface area contributed by atoms with Crippen molar-refractivity contribution in [2.24, 2.45) is 0 Å². The average Bonchev–Trinajstić information content (AvgIpc) is 2.67. The molecule has 1 aromatic carbocycles. The molecule has 0 atom stereocenters. The largest absolute Gasteiger partial charge is 0.508 e. The number of phenolic OH excluding ortho intramolecular Hbond substituents is 1. The van der Waals surface area contributed by atoms with E-state index in [0.29, 0.717) is 0 Å². The Kier molecular flexibility index (Phi) is 3.65. The van der Waals surface area contributed by atoms with Crippen LogP contribution in [0.1, 0.15) is 21.9 Å². The molecule has 112 valence electrons. The van der Waals surface area contributed by atoms with Crippen molar-refractivity contribution in [1.29, 1.82) is 0 Å². The lowest BCUT2D eigenvalue weighted by Gasteiger charge is -2.08. The van der Waals surface area contributed by atoms with Crippen LogP contribution < -0.4 is 4.72 Å². The van der Waals surface area contributed by atoms with E-state index in [4.69, 9.17) is 14.6 Å². The maximum absolute atomic E-state index is 12.3. The highest BCUT2D eigenvalue weighted by molar-refractivity contribution is 7.92. The Labute approximate surface area is 120 Å². The first-order valence-corrected chi connectivity index (χ1v) is 7.36. The zero-order chi connectivity index (χ0) is 15.8. The van der Waals surface area contributed by atoms with Crippen LogP contribution in [-0.4, -0.2) is 24.6 Å². The molecule has 0 fully saturated rings. The third-order valence-electron chi connectivity index (χ3n) is 2.81. The van der Waals surface area contributed by atoms with Gasteiger partial charge in [0.25, 0.3) is 10.0 Å². The SMILES string of the molecule is Cc1oc(C)c(S(=O)(=O)Nc2ccc(O)cc2)c1C(=O)O. The van der Waals surface area contributed by atoms with Crippen LogP contribution in [0.15, 0.2) is 33.6 Å². The third kappa shape index (κ3) is 2.84. The highest BCUT2D eigenvalue weighted by Gasteiger charge is 2.30. The minimum atomic E-state index is -4.12. The predicted octanol–water partition coefficient (Wildman–Crippen LogP) is 2.10. The summed E-state index contributed by atoms with van der Waals surface area (Å²) in [6.07, 6.45) is 0. The van der Waals surface area contributed by atoms with E-state index in [1.54, 1.807) is 0 Å². The fourth-order valence-electron chi connectivity index (χ4n) is 1.97. The number of phenols is 1. The van der Waals surface area contributed by atoms with Crippen LogP contribution >= 0.6 is 0 Å². The van der Waals surface area contributed by atoms with Gasteiger partial charge in [0.1, 0.15) is 27.7 Å². The molecular weight excluding hydrogens is 298 g/mol. The third-order valence-corrected chi connectivity index (χ3v) is 4.34. The number of hydrogen-bond acceptors (Lipinski definition) is 5. The van der Waals surface area contributed by atoms with Gasteiger partial charge in [0, 0.05) is 5.69 Å². The number of furan rings is 1. The molecule has 0 bridgehead atoms. The van der Waals surface area contributed by atoms with E-state index in [1.165, 1.54) is 38.1 Å². The molecule has 7 nitrogen and oxygen atoms in total. The summed E-state index contributed by atoms with van der Waals surface area (Å²) in [6.45, 7) is 2.76. The van der Waals surface area contributed by atoms with Crippen LogP contribution in [-0.2, 0) is 10.0 Å². The average molecular weight is 311 g/mol. The number of carboxylic acids is 1. The highest BCUT2D eigenvalue weighted by Crippen LogP contribution is 2.28. The fraction of sp³-hybridized carbons (Fsp3) is 0.154. The molecule has 8 heteroatoms. The van der Waals surface area contributed by atoms with E-state index in [2.05, 4.69) is 4.72 Å². The normalized spacial score (nSPS) is 11.3. The van der Waals surface area contributed by atoms with E-state index in [0.717, 1.165) is 0 Å². The number of nitrogens with one attached hydrogen (secondary N) is 1. The zero-order valence-corrected chi connectivity index (χ0v) is 12.1.